The second kappa shape index (κ2) is 6.59. The number of hydrogen-bond acceptors (Lipinski definition) is 4. The molecule has 3 N–H and O–H groups in total. The summed E-state index contributed by atoms with van der Waals surface area (Å²) >= 11 is 0. The molecule has 1 aliphatic carbocycles. The van der Waals surface area contributed by atoms with E-state index < -0.39 is 4.92 Å². The first-order chi connectivity index (χ1) is 9.61. The summed E-state index contributed by atoms with van der Waals surface area (Å²) < 4.78 is 0. The number of hydrogen-bond donors (Lipinski definition) is 2. The third-order valence-corrected chi connectivity index (χ3v) is 4.25. The van der Waals surface area contributed by atoms with Crippen molar-refractivity contribution in [1.29, 1.82) is 0 Å². The van der Waals surface area contributed by atoms with Gasteiger partial charge in [0.05, 0.1) is 16.3 Å². The van der Waals surface area contributed by atoms with Crippen molar-refractivity contribution in [2.75, 3.05) is 11.1 Å². The van der Waals surface area contributed by atoms with Crippen LogP contribution < -0.4 is 11.1 Å². The molecule has 0 saturated heterocycles. The van der Waals surface area contributed by atoms with Gasteiger partial charge in [-0.3, -0.25) is 10.1 Å². The Morgan fingerprint density at radius 1 is 1.40 bits per heavy atom. The lowest BCUT2D eigenvalue weighted by atomic mass is 9.83. The Bertz CT molecular complexity index is 470. The predicted molar refractivity (Wildman–Crippen MR) is 81.8 cm³/mol. The first-order valence-corrected chi connectivity index (χ1v) is 7.42. The molecular weight excluding hydrogens is 254 g/mol. The van der Waals surface area contributed by atoms with E-state index in [0.717, 1.165) is 12.1 Å². The Hall–Kier alpha value is -1.78. The van der Waals surface area contributed by atoms with E-state index in [-0.39, 0.29) is 5.69 Å². The van der Waals surface area contributed by atoms with Crippen LogP contribution in [0.2, 0.25) is 0 Å². The largest absolute Gasteiger partial charge is 0.397 e. The molecule has 1 unspecified atom stereocenters. The van der Waals surface area contributed by atoms with Crippen molar-refractivity contribution in [3.05, 3.63) is 28.3 Å². The van der Waals surface area contributed by atoms with Crippen LogP contribution in [0.25, 0.3) is 0 Å². The summed E-state index contributed by atoms with van der Waals surface area (Å²) in [6, 6.07) is 5.06. The van der Waals surface area contributed by atoms with Crippen LogP contribution in [-0.4, -0.2) is 11.0 Å². The second-order valence-corrected chi connectivity index (χ2v) is 5.59. The van der Waals surface area contributed by atoms with E-state index in [1.165, 1.54) is 44.2 Å². The highest BCUT2D eigenvalue weighted by atomic mass is 16.6. The first kappa shape index (κ1) is 14.6. The Morgan fingerprint density at radius 3 is 2.65 bits per heavy atom. The molecule has 110 valence electrons. The van der Waals surface area contributed by atoms with Crippen molar-refractivity contribution >= 4 is 17.1 Å². The Labute approximate surface area is 119 Å². The zero-order valence-electron chi connectivity index (χ0n) is 12.0. The van der Waals surface area contributed by atoms with E-state index in [1.54, 1.807) is 6.07 Å². The van der Waals surface area contributed by atoms with Gasteiger partial charge in [0.15, 0.2) is 0 Å². The van der Waals surface area contributed by atoms with Crippen LogP contribution in [0.4, 0.5) is 17.1 Å². The predicted octanol–water partition coefficient (Wildman–Crippen LogP) is 3.95. The van der Waals surface area contributed by atoms with Crippen LogP contribution in [0.5, 0.6) is 0 Å². The molecule has 5 heteroatoms. The standard InChI is InChI=1S/C15H23N3O2/c1-2-14(11-6-4-3-5-7-11)17-15-9-8-12(18(19)20)10-13(15)16/h8-11,14,17H,2-7,16H2,1H3. The number of nitro benzene ring substituents is 1. The minimum Gasteiger partial charge on any atom is -0.397 e. The normalized spacial score (nSPS) is 17.6. The van der Waals surface area contributed by atoms with Crippen molar-refractivity contribution in [1.82, 2.24) is 0 Å². The average Bonchev–Trinajstić information content (AvgIpc) is 2.46. The number of nitrogens with two attached hydrogens (primary N) is 1. The molecule has 1 atom stereocenters. The van der Waals surface area contributed by atoms with Crippen LogP contribution in [0.1, 0.15) is 45.4 Å². The number of rotatable bonds is 5. The lowest BCUT2D eigenvalue weighted by Crippen LogP contribution is -2.30. The Kier molecular flexibility index (Phi) is 4.82. The number of nitrogen functional groups attached to an aromatic ring is 1. The summed E-state index contributed by atoms with van der Waals surface area (Å²) in [5.74, 6) is 0.684. The fraction of sp³-hybridized carbons (Fsp3) is 0.600. The molecule has 5 nitrogen and oxygen atoms in total. The molecule has 1 aliphatic rings. The first-order valence-electron chi connectivity index (χ1n) is 7.42. The zero-order valence-corrected chi connectivity index (χ0v) is 12.0. The van der Waals surface area contributed by atoms with Crippen molar-refractivity contribution in [3.8, 4) is 0 Å². The molecule has 0 heterocycles. The molecule has 0 radical (unpaired) electrons. The highest BCUT2D eigenvalue weighted by Gasteiger charge is 2.23. The number of nitrogens with zero attached hydrogens (tertiary/aromatic N) is 1. The third kappa shape index (κ3) is 3.40. The van der Waals surface area contributed by atoms with E-state index >= 15 is 0 Å². The molecule has 1 aromatic rings. The lowest BCUT2D eigenvalue weighted by Gasteiger charge is -2.31. The van der Waals surface area contributed by atoms with Crippen LogP contribution in [0.15, 0.2) is 18.2 Å². The lowest BCUT2D eigenvalue weighted by molar-refractivity contribution is -0.384. The fourth-order valence-electron chi connectivity index (χ4n) is 3.08. The van der Waals surface area contributed by atoms with Gasteiger partial charge in [-0.2, -0.15) is 0 Å². The Balaban J connectivity index is 2.08. The molecule has 2 rings (SSSR count). The minimum atomic E-state index is -0.418. The monoisotopic (exact) mass is 277 g/mol. The number of nitrogens with one attached hydrogen (secondary N) is 1. The summed E-state index contributed by atoms with van der Waals surface area (Å²) in [6.07, 6.45) is 7.52. The zero-order chi connectivity index (χ0) is 14.5. The average molecular weight is 277 g/mol. The molecule has 0 aromatic heterocycles. The summed E-state index contributed by atoms with van der Waals surface area (Å²) in [5, 5.41) is 14.2. The van der Waals surface area contributed by atoms with Gasteiger partial charge in [0.25, 0.3) is 5.69 Å². The van der Waals surface area contributed by atoms with Gasteiger partial charge in [0, 0.05) is 18.2 Å². The molecule has 0 spiro atoms. The molecule has 0 bridgehead atoms. The van der Waals surface area contributed by atoms with Crippen LogP contribution in [0, 0.1) is 16.0 Å². The van der Waals surface area contributed by atoms with Gasteiger partial charge in [-0.05, 0) is 31.2 Å². The van der Waals surface area contributed by atoms with E-state index in [4.69, 9.17) is 5.73 Å². The number of nitro groups is 1. The summed E-state index contributed by atoms with van der Waals surface area (Å²) in [5.41, 5.74) is 7.23. The van der Waals surface area contributed by atoms with Gasteiger partial charge in [-0.1, -0.05) is 26.2 Å². The fourth-order valence-corrected chi connectivity index (χ4v) is 3.08. The van der Waals surface area contributed by atoms with Crippen LogP contribution in [0.3, 0.4) is 0 Å². The molecule has 1 fully saturated rings. The topological polar surface area (TPSA) is 81.2 Å². The van der Waals surface area contributed by atoms with Crippen LogP contribution in [-0.2, 0) is 0 Å². The van der Waals surface area contributed by atoms with E-state index in [0.29, 0.717) is 17.6 Å². The highest BCUT2D eigenvalue weighted by molar-refractivity contribution is 5.69. The smallest absolute Gasteiger partial charge is 0.271 e. The van der Waals surface area contributed by atoms with E-state index in [2.05, 4.69) is 12.2 Å². The molecule has 1 aromatic carbocycles. The SMILES string of the molecule is CCC(Nc1ccc([N+](=O)[O-])cc1N)C1CCCCC1. The number of benzene rings is 1. The van der Waals surface area contributed by atoms with Gasteiger partial charge < -0.3 is 11.1 Å². The number of non-ortho nitro benzene ring substituents is 1. The molecule has 20 heavy (non-hydrogen) atoms. The maximum absolute atomic E-state index is 10.7. The second-order valence-electron chi connectivity index (χ2n) is 5.59. The van der Waals surface area contributed by atoms with E-state index in [1.807, 2.05) is 0 Å². The van der Waals surface area contributed by atoms with Crippen molar-refractivity contribution < 1.29 is 4.92 Å². The summed E-state index contributed by atoms with van der Waals surface area (Å²) in [6.45, 7) is 2.17. The molecule has 0 amide bonds. The molecular formula is C15H23N3O2. The van der Waals surface area contributed by atoms with Crippen LogP contribution >= 0.6 is 0 Å². The van der Waals surface area contributed by atoms with E-state index in [9.17, 15) is 10.1 Å². The van der Waals surface area contributed by atoms with Gasteiger partial charge in [-0.25, -0.2) is 0 Å². The maximum atomic E-state index is 10.7. The van der Waals surface area contributed by atoms with Crippen molar-refractivity contribution in [2.45, 2.75) is 51.5 Å². The van der Waals surface area contributed by atoms with Gasteiger partial charge >= 0.3 is 0 Å². The van der Waals surface area contributed by atoms with Gasteiger partial charge in [0.2, 0.25) is 0 Å². The quantitative estimate of drug-likeness (QED) is 0.485. The van der Waals surface area contributed by atoms with Crippen molar-refractivity contribution in [2.24, 2.45) is 5.92 Å². The van der Waals surface area contributed by atoms with Gasteiger partial charge in [0.1, 0.15) is 0 Å². The third-order valence-electron chi connectivity index (χ3n) is 4.25. The van der Waals surface area contributed by atoms with Gasteiger partial charge in [-0.15, -0.1) is 0 Å². The Morgan fingerprint density at radius 2 is 2.10 bits per heavy atom. The highest BCUT2D eigenvalue weighted by Crippen LogP contribution is 2.31. The maximum Gasteiger partial charge on any atom is 0.271 e. The molecule has 0 aliphatic heterocycles. The van der Waals surface area contributed by atoms with Crippen molar-refractivity contribution in [3.63, 3.8) is 0 Å². The summed E-state index contributed by atoms with van der Waals surface area (Å²) in [7, 11) is 0. The molecule has 1 saturated carbocycles. The number of anilines is 2. The summed E-state index contributed by atoms with van der Waals surface area (Å²) in [4.78, 5) is 10.3. The minimum absolute atomic E-state index is 0.0405.